The zero-order valence-electron chi connectivity index (χ0n) is 16.0. The maximum Gasteiger partial charge on any atom is 0.338 e. The molecular weight excluding hydrogens is 346 g/mol. The summed E-state index contributed by atoms with van der Waals surface area (Å²) in [4.78, 5) is 14.4. The van der Waals surface area contributed by atoms with E-state index in [-0.39, 0.29) is 5.97 Å². The van der Waals surface area contributed by atoms with Crippen LogP contribution < -0.4 is 10.6 Å². The first-order valence-electron chi connectivity index (χ1n) is 9.65. The number of hydrogen-bond donors (Lipinski definition) is 2. The number of esters is 1. The van der Waals surface area contributed by atoms with Gasteiger partial charge >= 0.3 is 5.97 Å². The van der Waals surface area contributed by atoms with Crippen LogP contribution in [0.5, 0.6) is 0 Å². The van der Waals surface area contributed by atoms with Gasteiger partial charge in [0.25, 0.3) is 0 Å². The maximum absolute atomic E-state index is 11.9. The number of carbonyl (C=O) groups excluding carboxylic acids is 1. The first-order valence-corrected chi connectivity index (χ1v) is 10.1. The van der Waals surface area contributed by atoms with Gasteiger partial charge < -0.3 is 20.3 Å². The summed E-state index contributed by atoms with van der Waals surface area (Å²) in [5, 5.41) is 7.05. The van der Waals surface area contributed by atoms with Crippen molar-refractivity contribution in [3.8, 4) is 0 Å². The molecule has 0 saturated carbocycles. The van der Waals surface area contributed by atoms with Crippen LogP contribution in [0.4, 0.5) is 5.69 Å². The number of anilines is 1. The summed E-state index contributed by atoms with van der Waals surface area (Å²) in [7, 11) is 0. The van der Waals surface area contributed by atoms with E-state index in [4.69, 9.17) is 17.0 Å². The van der Waals surface area contributed by atoms with E-state index in [0.29, 0.717) is 17.3 Å². The van der Waals surface area contributed by atoms with E-state index in [2.05, 4.69) is 15.5 Å². The monoisotopic (exact) mass is 377 g/mol. The van der Waals surface area contributed by atoms with Gasteiger partial charge in [-0.05, 0) is 82.7 Å². The molecule has 2 N–H and O–H groups in total. The van der Waals surface area contributed by atoms with Gasteiger partial charge in [-0.25, -0.2) is 4.79 Å². The Morgan fingerprint density at radius 3 is 2.65 bits per heavy atom. The molecule has 1 aliphatic heterocycles. The lowest BCUT2D eigenvalue weighted by Crippen LogP contribution is -2.33. The van der Waals surface area contributed by atoms with Crippen LogP contribution in [0, 0.1) is 6.92 Å². The van der Waals surface area contributed by atoms with Crippen molar-refractivity contribution in [2.24, 2.45) is 0 Å². The van der Waals surface area contributed by atoms with Gasteiger partial charge in [0.05, 0.1) is 12.2 Å². The van der Waals surface area contributed by atoms with E-state index >= 15 is 0 Å². The van der Waals surface area contributed by atoms with E-state index in [9.17, 15) is 4.79 Å². The highest BCUT2D eigenvalue weighted by molar-refractivity contribution is 7.80. The van der Waals surface area contributed by atoms with Gasteiger partial charge in [-0.1, -0.05) is 18.9 Å². The number of nitrogens with one attached hydrogen (secondary N) is 2. The van der Waals surface area contributed by atoms with Crippen molar-refractivity contribution in [2.45, 2.75) is 46.0 Å². The van der Waals surface area contributed by atoms with Crippen LogP contribution in [0.25, 0.3) is 0 Å². The molecule has 1 saturated heterocycles. The Balaban J connectivity index is 1.76. The molecule has 0 aromatic heterocycles. The van der Waals surface area contributed by atoms with Gasteiger partial charge in [0.2, 0.25) is 0 Å². The second-order valence-electron chi connectivity index (χ2n) is 6.74. The number of aryl methyl sites for hydroxylation is 1. The van der Waals surface area contributed by atoms with Crippen LogP contribution in [0.15, 0.2) is 18.2 Å². The molecular formula is C20H31N3O2S. The molecule has 1 fully saturated rings. The summed E-state index contributed by atoms with van der Waals surface area (Å²) in [6, 6.07) is 5.46. The average molecular weight is 378 g/mol. The molecule has 1 aromatic rings. The molecule has 0 amide bonds. The van der Waals surface area contributed by atoms with Crippen LogP contribution in [-0.2, 0) is 4.74 Å². The summed E-state index contributed by atoms with van der Waals surface area (Å²) in [6.07, 6.45) is 6.45. The predicted molar refractivity (Wildman–Crippen MR) is 111 cm³/mol. The summed E-state index contributed by atoms with van der Waals surface area (Å²) in [6.45, 7) is 8.57. The number of carbonyl (C=O) groups is 1. The normalized spacial score (nSPS) is 15.2. The molecule has 0 spiro atoms. The minimum Gasteiger partial charge on any atom is -0.462 e. The molecule has 0 atom stereocenters. The zero-order chi connectivity index (χ0) is 18.8. The fraction of sp³-hybridized carbons (Fsp3) is 0.600. The fourth-order valence-corrected chi connectivity index (χ4v) is 3.34. The lowest BCUT2D eigenvalue weighted by molar-refractivity contribution is 0.0526. The van der Waals surface area contributed by atoms with Gasteiger partial charge in [0, 0.05) is 12.2 Å². The van der Waals surface area contributed by atoms with Crippen molar-refractivity contribution < 1.29 is 9.53 Å². The molecule has 26 heavy (non-hydrogen) atoms. The molecule has 0 bridgehead atoms. The van der Waals surface area contributed by atoms with Crippen LogP contribution in [-0.4, -0.2) is 48.8 Å². The Hall–Kier alpha value is -1.66. The van der Waals surface area contributed by atoms with E-state index < -0.39 is 0 Å². The zero-order valence-corrected chi connectivity index (χ0v) is 16.8. The molecule has 2 rings (SSSR count). The molecule has 1 heterocycles. The lowest BCUT2D eigenvalue weighted by atomic mass is 10.1. The fourth-order valence-electron chi connectivity index (χ4n) is 3.13. The Morgan fingerprint density at radius 2 is 1.96 bits per heavy atom. The average Bonchev–Trinajstić information content (AvgIpc) is 2.89. The number of nitrogens with zero attached hydrogens (tertiary/aromatic N) is 1. The third-order valence-corrected chi connectivity index (χ3v) is 4.88. The van der Waals surface area contributed by atoms with E-state index in [1.54, 1.807) is 19.1 Å². The minimum absolute atomic E-state index is 0.313. The molecule has 5 nitrogen and oxygen atoms in total. The number of likely N-dealkylation sites (tertiary alicyclic amines) is 1. The second kappa shape index (κ2) is 11.1. The quantitative estimate of drug-likeness (QED) is 0.429. The van der Waals surface area contributed by atoms with Crippen LogP contribution in [0.2, 0.25) is 0 Å². The first kappa shape index (κ1) is 20.6. The summed E-state index contributed by atoms with van der Waals surface area (Å²) >= 11 is 5.40. The van der Waals surface area contributed by atoms with Gasteiger partial charge in [0.1, 0.15) is 0 Å². The van der Waals surface area contributed by atoms with Crippen molar-refractivity contribution in [1.29, 1.82) is 0 Å². The van der Waals surface area contributed by atoms with Crippen molar-refractivity contribution in [2.75, 3.05) is 38.1 Å². The number of ether oxygens (including phenoxy) is 1. The number of benzene rings is 1. The van der Waals surface area contributed by atoms with Crippen molar-refractivity contribution in [3.05, 3.63) is 29.3 Å². The highest BCUT2D eigenvalue weighted by Gasteiger charge is 2.10. The van der Waals surface area contributed by atoms with Gasteiger partial charge in [-0.2, -0.15) is 0 Å². The van der Waals surface area contributed by atoms with Crippen molar-refractivity contribution >= 4 is 29.0 Å². The van der Waals surface area contributed by atoms with Crippen molar-refractivity contribution in [3.63, 3.8) is 0 Å². The third kappa shape index (κ3) is 6.92. The molecule has 0 radical (unpaired) electrons. The smallest absolute Gasteiger partial charge is 0.338 e. The van der Waals surface area contributed by atoms with Gasteiger partial charge in [-0.3, -0.25) is 0 Å². The molecule has 1 aromatic carbocycles. The van der Waals surface area contributed by atoms with Gasteiger partial charge in [-0.15, -0.1) is 0 Å². The number of hydrogen-bond acceptors (Lipinski definition) is 4. The lowest BCUT2D eigenvalue weighted by Gasteiger charge is -2.20. The topological polar surface area (TPSA) is 53.6 Å². The van der Waals surface area contributed by atoms with Crippen LogP contribution in [0.1, 0.15) is 54.9 Å². The molecule has 144 valence electrons. The van der Waals surface area contributed by atoms with E-state index in [1.807, 2.05) is 13.0 Å². The second-order valence-corrected chi connectivity index (χ2v) is 7.15. The number of rotatable bonds is 7. The maximum atomic E-state index is 11.9. The predicted octanol–water partition coefficient (Wildman–Crippen LogP) is 3.72. The Morgan fingerprint density at radius 1 is 1.23 bits per heavy atom. The van der Waals surface area contributed by atoms with Crippen molar-refractivity contribution in [1.82, 2.24) is 10.2 Å². The van der Waals surface area contributed by atoms with Gasteiger partial charge in [0.15, 0.2) is 5.11 Å². The van der Waals surface area contributed by atoms with Crippen LogP contribution >= 0.6 is 12.2 Å². The molecule has 6 heteroatoms. The largest absolute Gasteiger partial charge is 0.462 e. The Bertz CT molecular complexity index is 599. The highest BCUT2D eigenvalue weighted by atomic mass is 32.1. The third-order valence-electron chi connectivity index (χ3n) is 4.63. The molecule has 0 aliphatic carbocycles. The van der Waals surface area contributed by atoms with Crippen LogP contribution in [0.3, 0.4) is 0 Å². The van der Waals surface area contributed by atoms with E-state index in [1.165, 1.54) is 38.8 Å². The Kier molecular flexibility index (Phi) is 8.85. The molecule has 0 unspecified atom stereocenters. The summed E-state index contributed by atoms with van der Waals surface area (Å²) in [5.41, 5.74) is 2.40. The highest BCUT2D eigenvalue weighted by Crippen LogP contribution is 2.17. The number of thiocarbonyl (C=S) groups is 1. The Labute approximate surface area is 162 Å². The molecule has 1 aliphatic rings. The minimum atomic E-state index is -0.313. The van der Waals surface area contributed by atoms with E-state index in [0.717, 1.165) is 30.8 Å². The SMILES string of the molecule is CCOC(=O)c1ccc(C)c(NC(=S)NCCCN2CCCCCC2)c1. The first-order chi connectivity index (χ1) is 12.6. The summed E-state index contributed by atoms with van der Waals surface area (Å²) < 4.78 is 5.05. The standard InChI is InChI=1S/C20H31N3O2S/c1-3-25-19(24)17-10-9-16(2)18(15-17)22-20(26)21-11-8-14-23-12-6-4-5-7-13-23/h9-10,15H,3-8,11-14H2,1-2H3,(H2,21,22,26). The summed E-state index contributed by atoms with van der Waals surface area (Å²) in [5.74, 6) is -0.313.